The first-order chi connectivity index (χ1) is 8.96. The summed E-state index contributed by atoms with van der Waals surface area (Å²) in [5, 5.41) is 11.6. The molecule has 6 nitrogen and oxygen atoms in total. The van der Waals surface area contributed by atoms with Gasteiger partial charge in [0, 0.05) is 6.54 Å². The van der Waals surface area contributed by atoms with Crippen molar-refractivity contribution in [3.8, 4) is 0 Å². The standard InChI is InChI=1S/C13H20N2O4/c14-12(19)13(5-1-2-6-13)7-15-10(16)8-3-4-9(8)11(17)18/h8-9H,1-7H2,(H2,14,19)(H,15,16)(H,17,18). The molecule has 0 saturated heterocycles. The average Bonchev–Trinajstić information content (AvgIpc) is 2.73. The molecule has 2 saturated carbocycles. The normalized spacial score (nSPS) is 28.4. The van der Waals surface area contributed by atoms with Gasteiger partial charge in [0.2, 0.25) is 11.8 Å². The van der Waals surface area contributed by atoms with Crippen LogP contribution in [-0.4, -0.2) is 29.4 Å². The lowest BCUT2D eigenvalue weighted by molar-refractivity contribution is -0.153. The van der Waals surface area contributed by atoms with Crippen LogP contribution >= 0.6 is 0 Å². The van der Waals surface area contributed by atoms with E-state index in [0.717, 1.165) is 12.8 Å². The van der Waals surface area contributed by atoms with Gasteiger partial charge in [-0.3, -0.25) is 14.4 Å². The van der Waals surface area contributed by atoms with Crippen molar-refractivity contribution in [2.45, 2.75) is 38.5 Å². The van der Waals surface area contributed by atoms with E-state index in [2.05, 4.69) is 5.32 Å². The van der Waals surface area contributed by atoms with E-state index in [0.29, 0.717) is 25.7 Å². The maximum absolute atomic E-state index is 11.9. The van der Waals surface area contributed by atoms with E-state index in [1.165, 1.54) is 0 Å². The Morgan fingerprint density at radius 2 is 1.74 bits per heavy atom. The third kappa shape index (κ3) is 2.57. The summed E-state index contributed by atoms with van der Waals surface area (Å²) < 4.78 is 0. The molecular formula is C13H20N2O4. The number of nitrogens with two attached hydrogens (primary N) is 1. The highest BCUT2D eigenvalue weighted by Crippen LogP contribution is 2.38. The lowest BCUT2D eigenvalue weighted by Crippen LogP contribution is -2.49. The molecule has 2 atom stereocenters. The topological polar surface area (TPSA) is 109 Å². The summed E-state index contributed by atoms with van der Waals surface area (Å²) in [7, 11) is 0. The van der Waals surface area contributed by atoms with E-state index >= 15 is 0 Å². The number of rotatable bonds is 5. The maximum Gasteiger partial charge on any atom is 0.307 e. The fourth-order valence-corrected chi connectivity index (χ4v) is 3.06. The molecule has 0 aromatic carbocycles. The molecule has 0 aromatic heterocycles. The van der Waals surface area contributed by atoms with E-state index in [9.17, 15) is 14.4 Å². The van der Waals surface area contributed by atoms with Crippen LogP contribution in [0.25, 0.3) is 0 Å². The van der Waals surface area contributed by atoms with Crippen molar-refractivity contribution in [1.82, 2.24) is 5.32 Å². The first kappa shape index (κ1) is 13.8. The number of nitrogens with one attached hydrogen (secondary N) is 1. The summed E-state index contributed by atoms with van der Waals surface area (Å²) >= 11 is 0. The molecule has 2 rings (SSSR count). The number of carbonyl (C=O) groups excluding carboxylic acids is 2. The summed E-state index contributed by atoms with van der Waals surface area (Å²) in [5.41, 5.74) is 4.81. The van der Waals surface area contributed by atoms with Gasteiger partial charge in [-0.2, -0.15) is 0 Å². The minimum absolute atomic E-state index is 0.240. The van der Waals surface area contributed by atoms with Crippen molar-refractivity contribution in [3.05, 3.63) is 0 Å². The van der Waals surface area contributed by atoms with Crippen LogP contribution in [0.4, 0.5) is 0 Å². The number of primary amides is 1. The Labute approximate surface area is 111 Å². The van der Waals surface area contributed by atoms with E-state index in [4.69, 9.17) is 10.8 Å². The van der Waals surface area contributed by atoms with Crippen molar-refractivity contribution in [3.63, 3.8) is 0 Å². The number of carboxylic acid groups (broad SMARTS) is 1. The molecule has 2 unspecified atom stereocenters. The molecule has 2 fully saturated rings. The minimum Gasteiger partial charge on any atom is -0.481 e. The Morgan fingerprint density at radius 3 is 2.16 bits per heavy atom. The van der Waals surface area contributed by atoms with Gasteiger partial charge >= 0.3 is 5.97 Å². The second-order valence-electron chi connectivity index (χ2n) is 5.70. The third-order valence-corrected chi connectivity index (χ3v) is 4.61. The Bertz CT molecular complexity index is 401. The van der Waals surface area contributed by atoms with Gasteiger partial charge in [0.1, 0.15) is 0 Å². The summed E-state index contributed by atoms with van der Waals surface area (Å²) in [6, 6.07) is 0. The molecule has 0 spiro atoms. The van der Waals surface area contributed by atoms with Gasteiger partial charge in [-0.25, -0.2) is 0 Å². The van der Waals surface area contributed by atoms with Crippen molar-refractivity contribution in [2.75, 3.05) is 6.54 Å². The van der Waals surface area contributed by atoms with Gasteiger partial charge < -0.3 is 16.2 Å². The van der Waals surface area contributed by atoms with Crippen molar-refractivity contribution in [1.29, 1.82) is 0 Å². The second kappa shape index (κ2) is 5.19. The summed E-state index contributed by atoms with van der Waals surface area (Å²) in [4.78, 5) is 34.3. The van der Waals surface area contributed by atoms with E-state index in [1.54, 1.807) is 0 Å². The molecule has 6 heteroatoms. The number of hydrogen-bond donors (Lipinski definition) is 3. The lowest BCUT2D eigenvalue weighted by atomic mass is 9.73. The van der Waals surface area contributed by atoms with Crippen LogP contribution in [0.15, 0.2) is 0 Å². The van der Waals surface area contributed by atoms with Crippen LogP contribution in [0.5, 0.6) is 0 Å². The molecule has 0 heterocycles. The molecule has 2 amide bonds. The Morgan fingerprint density at radius 1 is 1.16 bits per heavy atom. The van der Waals surface area contributed by atoms with Gasteiger partial charge in [-0.15, -0.1) is 0 Å². The van der Waals surface area contributed by atoms with Gasteiger partial charge in [-0.1, -0.05) is 12.8 Å². The van der Waals surface area contributed by atoms with E-state index in [-0.39, 0.29) is 18.4 Å². The maximum atomic E-state index is 11.9. The summed E-state index contributed by atoms with van der Waals surface area (Å²) in [6.07, 6.45) is 4.45. The molecule has 0 radical (unpaired) electrons. The summed E-state index contributed by atoms with van der Waals surface area (Å²) in [5.74, 6) is -2.58. The first-order valence-corrected chi connectivity index (χ1v) is 6.77. The molecule has 2 aliphatic rings. The summed E-state index contributed by atoms with van der Waals surface area (Å²) in [6.45, 7) is 0.240. The third-order valence-electron chi connectivity index (χ3n) is 4.61. The molecule has 2 aliphatic carbocycles. The van der Waals surface area contributed by atoms with Crippen molar-refractivity contribution < 1.29 is 19.5 Å². The van der Waals surface area contributed by atoms with Gasteiger partial charge in [0.05, 0.1) is 17.3 Å². The highest BCUT2D eigenvalue weighted by atomic mass is 16.4. The number of hydrogen-bond acceptors (Lipinski definition) is 3. The average molecular weight is 268 g/mol. The van der Waals surface area contributed by atoms with Gasteiger partial charge in [0.25, 0.3) is 0 Å². The Balaban J connectivity index is 1.89. The molecular weight excluding hydrogens is 248 g/mol. The van der Waals surface area contributed by atoms with Crippen LogP contribution in [0, 0.1) is 17.3 Å². The largest absolute Gasteiger partial charge is 0.481 e. The van der Waals surface area contributed by atoms with Crippen molar-refractivity contribution >= 4 is 17.8 Å². The fourth-order valence-electron chi connectivity index (χ4n) is 3.06. The lowest BCUT2D eigenvalue weighted by Gasteiger charge is -2.33. The predicted molar refractivity (Wildman–Crippen MR) is 67.0 cm³/mol. The van der Waals surface area contributed by atoms with Crippen LogP contribution in [0.2, 0.25) is 0 Å². The zero-order valence-electron chi connectivity index (χ0n) is 10.9. The monoisotopic (exact) mass is 268 g/mol. The Kier molecular flexibility index (Phi) is 3.78. The predicted octanol–water partition coefficient (Wildman–Crippen LogP) is 0.259. The fraction of sp³-hybridized carbons (Fsp3) is 0.769. The number of carbonyl (C=O) groups is 3. The number of aliphatic carboxylic acids is 1. The highest BCUT2D eigenvalue weighted by molar-refractivity contribution is 5.87. The zero-order chi connectivity index (χ0) is 14.0. The SMILES string of the molecule is NC(=O)C1(CNC(=O)C2CCC2C(=O)O)CCCC1. The van der Waals surface area contributed by atoms with Gasteiger partial charge in [-0.05, 0) is 25.7 Å². The second-order valence-corrected chi connectivity index (χ2v) is 5.70. The van der Waals surface area contributed by atoms with Gasteiger partial charge in [0.15, 0.2) is 0 Å². The Hall–Kier alpha value is -1.59. The van der Waals surface area contributed by atoms with Crippen LogP contribution in [0.1, 0.15) is 38.5 Å². The molecule has 0 bridgehead atoms. The molecule has 106 valence electrons. The first-order valence-electron chi connectivity index (χ1n) is 6.77. The van der Waals surface area contributed by atoms with E-state index in [1.807, 2.05) is 0 Å². The number of carboxylic acids is 1. The van der Waals surface area contributed by atoms with E-state index < -0.39 is 23.2 Å². The number of amides is 2. The van der Waals surface area contributed by atoms with Crippen LogP contribution < -0.4 is 11.1 Å². The zero-order valence-corrected chi connectivity index (χ0v) is 10.9. The molecule has 4 N–H and O–H groups in total. The quantitative estimate of drug-likeness (QED) is 0.664. The van der Waals surface area contributed by atoms with Crippen LogP contribution in [-0.2, 0) is 14.4 Å². The molecule has 0 aromatic rings. The highest BCUT2D eigenvalue weighted by Gasteiger charge is 2.44. The van der Waals surface area contributed by atoms with Crippen molar-refractivity contribution in [2.24, 2.45) is 23.0 Å². The molecule has 0 aliphatic heterocycles. The minimum atomic E-state index is -0.920. The molecule has 19 heavy (non-hydrogen) atoms. The smallest absolute Gasteiger partial charge is 0.307 e. The van der Waals surface area contributed by atoms with Crippen LogP contribution in [0.3, 0.4) is 0 Å².